The molecule has 0 aromatic carbocycles. The lowest BCUT2D eigenvalue weighted by atomic mass is 10.2. The van der Waals surface area contributed by atoms with E-state index < -0.39 is 0 Å². The number of H-pyrrole nitrogens is 1. The van der Waals surface area contributed by atoms with E-state index in [0.717, 1.165) is 28.1 Å². The Balaban J connectivity index is 2.26. The van der Waals surface area contributed by atoms with Crippen molar-refractivity contribution in [2.75, 3.05) is 11.1 Å². The number of aromatic nitrogens is 3. The molecule has 0 aliphatic rings. The van der Waals surface area contributed by atoms with Crippen molar-refractivity contribution < 1.29 is 0 Å². The molecule has 0 amide bonds. The van der Waals surface area contributed by atoms with E-state index in [2.05, 4.69) is 43.1 Å². The lowest BCUT2D eigenvalue weighted by Gasteiger charge is -2.17. The molecule has 18 heavy (non-hydrogen) atoms. The van der Waals surface area contributed by atoms with Gasteiger partial charge in [0, 0.05) is 12.4 Å². The molecule has 0 spiro atoms. The fourth-order valence-corrected chi connectivity index (χ4v) is 2.14. The molecule has 6 heteroatoms. The van der Waals surface area contributed by atoms with Crippen molar-refractivity contribution in [3.8, 4) is 0 Å². The van der Waals surface area contributed by atoms with Crippen LogP contribution in [-0.4, -0.2) is 15.0 Å². The Morgan fingerprint density at radius 1 is 1.50 bits per heavy atom. The van der Waals surface area contributed by atoms with Crippen molar-refractivity contribution in [3.05, 3.63) is 34.5 Å². The third-order valence-corrected chi connectivity index (χ3v) is 3.84. The van der Waals surface area contributed by atoms with Gasteiger partial charge in [0.25, 0.3) is 0 Å². The second-order valence-electron chi connectivity index (χ2n) is 4.08. The number of hydrogen-bond donors (Lipinski definition) is 3. The molecule has 0 aliphatic carbocycles. The third-order valence-electron chi connectivity index (χ3n) is 2.87. The van der Waals surface area contributed by atoms with Gasteiger partial charge in [-0.2, -0.15) is 0 Å². The zero-order valence-corrected chi connectivity index (χ0v) is 12.0. The molecule has 1 atom stereocenters. The Bertz CT molecular complexity index is 524. The van der Waals surface area contributed by atoms with Gasteiger partial charge in [0.05, 0.1) is 22.4 Å². The van der Waals surface area contributed by atoms with Crippen LogP contribution < -0.4 is 11.1 Å². The fraction of sp³-hybridized carbons (Fsp3) is 0.333. The highest BCUT2D eigenvalue weighted by Crippen LogP contribution is 2.30. The molecule has 2 aromatic heterocycles. The van der Waals surface area contributed by atoms with Crippen LogP contribution in [0.15, 0.2) is 23.1 Å². The van der Waals surface area contributed by atoms with Crippen molar-refractivity contribution in [1.82, 2.24) is 15.0 Å². The van der Waals surface area contributed by atoms with Crippen LogP contribution in [0.2, 0.25) is 0 Å². The lowest BCUT2D eigenvalue weighted by Crippen LogP contribution is -2.13. The predicted molar refractivity (Wildman–Crippen MR) is 76.3 cm³/mol. The first kappa shape index (κ1) is 12.9. The molecule has 96 valence electrons. The summed E-state index contributed by atoms with van der Waals surface area (Å²) >= 11 is 3.52. The molecule has 0 saturated carbocycles. The minimum Gasteiger partial charge on any atom is -0.397 e. The van der Waals surface area contributed by atoms with Gasteiger partial charge < -0.3 is 16.0 Å². The number of pyridine rings is 1. The van der Waals surface area contributed by atoms with Gasteiger partial charge in [0.1, 0.15) is 11.6 Å². The van der Waals surface area contributed by atoms with Crippen molar-refractivity contribution in [2.24, 2.45) is 0 Å². The van der Waals surface area contributed by atoms with Crippen molar-refractivity contribution >= 4 is 27.4 Å². The largest absolute Gasteiger partial charge is 0.397 e. The van der Waals surface area contributed by atoms with E-state index in [1.165, 1.54) is 0 Å². The lowest BCUT2D eigenvalue weighted by molar-refractivity contribution is 0.699. The molecule has 0 radical (unpaired) electrons. The van der Waals surface area contributed by atoms with E-state index in [9.17, 15) is 0 Å². The smallest absolute Gasteiger partial charge is 0.141 e. The van der Waals surface area contributed by atoms with Gasteiger partial charge in [-0.15, -0.1) is 0 Å². The number of nitrogen functional groups attached to an aromatic ring is 1. The Labute approximate surface area is 114 Å². The molecule has 1 unspecified atom stereocenters. The van der Waals surface area contributed by atoms with Crippen LogP contribution in [0.25, 0.3) is 0 Å². The first-order valence-corrected chi connectivity index (χ1v) is 6.59. The molecule has 0 saturated heterocycles. The number of hydrogen-bond acceptors (Lipinski definition) is 4. The Kier molecular flexibility index (Phi) is 3.86. The summed E-state index contributed by atoms with van der Waals surface area (Å²) in [6, 6.07) is 0.104. The second kappa shape index (κ2) is 5.39. The van der Waals surface area contributed by atoms with E-state index >= 15 is 0 Å². The zero-order valence-electron chi connectivity index (χ0n) is 10.4. The quantitative estimate of drug-likeness (QED) is 0.811. The number of anilines is 2. The molecule has 0 bridgehead atoms. The first-order chi connectivity index (χ1) is 8.63. The molecular weight excluding hydrogens is 294 g/mol. The number of rotatable bonds is 4. The SMILES string of the molecule is CCC(Nc1ncc(N)c(C)c1Br)c1ncc[nH]1. The molecule has 0 fully saturated rings. The maximum absolute atomic E-state index is 5.81. The summed E-state index contributed by atoms with van der Waals surface area (Å²) in [4.78, 5) is 11.7. The highest BCUT2D eigenvalue weighted by molar-refractivity contribution is 9.10. The highest BCUT2D eigenvalue weighted by Gasteiger charge is 2.15. The second-order valence-corrected chi connectivity index (χ2v) is 4.87. The average Bonchev–Trinajstić information content (AvgIpc) is 2.89. The van der Waals surface area contributed by atoms with Crippen LogP contribution in [0.1, 0.15) is 30.8 Å². The van der Waals surface area contributed by atoms with Gasteiger partial charge in [-0.1, -0.05) is 6.92 Å². The summed E-state index contributed by atoms with van der Waals surface area (Å²) in [6.07, 6.45) is 6.13. The molecule has 0 aliphatic heterocycles. The van der Waals surface area contributed by atoms with Crippen LogP contribution in [0.5, 0.6) is 0 Å². The predicted octanol–water partition coefficient (Wildman–Crippen LogP) is 3.02. The van der Waals surface area contributed by atoms with Gasteiger partial charge in [-0.3, -0.25) is 0 Å². The van der Waals surface area contributed by atoms with Crippen LogP contribution >= 0.6 is 15.9 Å². The van der Waals surface area contributed by atoms with Gasteiger partial charge in [0.2, 0.25) is 0 Å². The Morgan fingerprint density at radius 2 is 2.28 bits per heavy atom. The first-order valence-electron chi connectivity index (χ1n) is 5.79. The third kappa shape index (κ3) is 2.48. The summed E-state index contributed by atoms with van der Waals surface area (Å²) in [5.41, 5.74) is 7.48. The molecule has 2 aromatic rings. The summed E-state index contributed by atoms with van der Waals surface area (Å²) in [6.45, 7) is 4.05. The Morgan fingerprint density at radius 3 is 2.89 bits per heavy atom. The number of halogens is 1. The van der Waals surface area contributed by atoms with Crippen molar-refractivity contribution in [3.63, 3.8) is 0 Å². The number of nitrogens with two attached hydrogens (primary N) is 1. The van der Waals surface area contributed by atoms with Crippen LogP contribution in [0.3, 0.4) is 0 Å². The van der Waals surface area contributed by atoms with Gasteiger partial charge >= 0.3 is 0 Å². The maximum atomic E-state index is 5.81. The normalized spacial score (nSPS) is 12.4. The van der Waals surface area contributed by atoms with E-state index in [1.54, 1.807) is 12.4 Å². The van der Waals surface area contributed by atoms with E-state index in [4.69, 9.17) is 5.73 Å². The molecule has 2 heterocycles. The summed E-state index contributed by atoms with van der Waals surface area (Å²) in [5, 5.41) is 3.36. The summed E-state index contributed by atoms with van der Waals surface area (Å²) < 4.78 is 0.896. The maximum Gasteiger partial charge on any atom is 0.141 e. The number of nitrogens with zero attached hydrogens (tertiary/aromatic N) is 2. The summed E-state index contributed by atoms with van der Waals surface area (Å²) in [7, 11) is 0. The highest BCUT2D eigenvalue weighted by atomic mass is 79.9. The zero-order chi connectivity index (χ0) is 13.1. The van der Waals surface area contributed by atoms with Crippen molar-refractivity contribution in [1.29, 1.82) is 0 Å². The van der Waals surface area contributed by atoms with Crippen molar-refractivity contribution in [2.45, 2.75) is 26.3 Å². The molecule has 2 rings (SSSR count). The minimum atomic E-state index is 0.104. The number of imidazole rings is 1. The number of aromatic amines is 1. The number of nitrogens with one attached hydrogen (secondary N) is 2. The minimum absolute atomic E-state index is 0.104. The van der Waals surface area contributed by atoms with Crippen LogP contribution in [-0.2, 0) is 0 Å². The molecular formula is C12H16BrN5. The average molecular weight is 310 g/mol. The van der Waals surface area contributed by atoms with E-state index in [-0.39, 0.29) is 6.04 Å². The topological polar surface area (TPSA) is 79.6 Å². The standard InChI is InChI=1S/C12H16BrN5/c1-3-9(11-15-4-5-16-11)18-12-10(13)7(2)8(14)6-17-12/h4-6,9H,3,14H2,1-2H3,(H,15,16)(H,17,18). The summed E-state index contributed by atoms with van der Waals surface area (Å²) in [5.74, 6) is 1.69. The van der Waals surface area contributed by atoms with Gasteiger partial charge in [-0.05, 0) is 34.8 Å². The molecule has 4 N–H and O–H groups in total. The van der Waals surface area contributed by atoms with Gasteiger partial charge in [-0.25, -0.2) is 9.97 Å². The Hall–Kier alpha value is -1.56. The van der Waals surface area contributed by atoms with Gasteiger partial charge in [0.15, 0.2) is 0 Å². The van der Waals surface area contributed by atoms with E-state index in [1.807, 2.05) is 13.1 Å². The van der Waals surface area contributed by atoms with E-state index in [0.29, 0.717) is 5.69 Å². The monoisotopic (exact) mass is 309 g/mol. The van der Waals surface area contributed by atoms with Crippen LogP contribution in [0.4, 0.5) is 11.5 Å². The van der Waals surface area contributed by atoms with Crippen LogP contribution in [0, 0.1) is 6.92 Å². The molecule has 5 nitrogen and oxygen atoms in total. The fourth-order valence-electron chi connectivity index (χ4n) is 1.69.